The Morgan fingerprint density at radius 1 is 1.37 bits per heavy atom. The number of aromatic nitrogens is 5. The van der Waals surface area contributed by atoms with Crippen LogP contribution in [0.4, 0.5) is 0 Å². The predicted octanol–water partition coefficient (Wildman–Crippen LogP) is 3.07. The Morgan fingerprint density at radius 2 is 2.26 bits per heavy atom. The van der Waals surface area contributed by atoms with Gasteiger partial charge in [-0.1, -0.05) is 6.07 Å². The van der Waals surface area contributed by atoms with Gasteiger partial charge in [-0.25, -0.2) is 19.6 Å². The van der Waals surface area contributed by atoms with Gasteiger partial charge < -0.3 is 4.90 Å². The third-order valence-electron chi connectivity index (χ3n) is 4.93. The van der Waals surface area contributed by atoms with Crippen LogP contribution in [0.1, 0.15) is 43.2 Å². The van der Waals surface area contributed by atoms with Gasteiger partial charge in [-0.15, -0.1) is 11.3 Å². The quantitative estimate of drug-likeness (QED) is 0.693. The lowest BCUT2D eigenvalue weighted by atomic mass is 9.96. The molecule has 3 aromatic heterocycles. The molecule has 4 rings (SSSR count). The van der Waals surface area contributed by atoms with E-state index in [4.69, 9.17) is 4.98 Å². The zero-order chi connectivity index (χ0) is 18.8. The first kappa shape index (κ1) is 17.8. The van der Waals surface area contributed by atoms with E-state index in [1.54, 1.807) is 22.3 Å². The molecular formula is C19H22N6OS. The van der Waals surface area contributed by atoms with Gasteiger partial charge in [0.1, 0.15) is 24.5 Å². The number of hydrogen-bond acceptors (Lipinski definition) is 6. The minimum absolute atomic E-state index is 0.0660. The van der Waals surface area contributed by atoms with Crippen molar-refractivity contribution >= 4 is 17.2 Å². The molecule has 27 heavy (non-hydrogen) atoms. The second-order valence-corrected chi connectivity index (χ2v) is 7.85. The van der Waals surface area contributed by atoms with Crippen molar-refractivity contribution in [2.45, 2.75) is 38.6 Å². The standard InChI is InChI=1S/C19H22N6OS/c1-13-9-16(17-6-4-8-27-17)23-18(22-13)15-5-3-7-24(10-15)19(26)14(2)25-12-20-11-21-25/h4,6,8-9,11-12,14-15H,3,5,7,10H2,1-2H3/t14-,15-/m0/s1. The number of amides is 1. The topological polar surface area (TPSA) is 76.8 Å². The van der Waals surface area contributed by atoms with E-state index in [-0.39, 0.29) is 17.9 Å². The van der Waals surface area contributed by atoms with Crippen molar-refractivity contribution in [2.24, 2.45) is 0 Å². The van der Waals surface area contributed by atoms with Gasteiger partial charge in [-0.2, -0.15) is 5.10 Å². The summed E-state index contributed by atoms with van der Waals surface area (Å²) in [5.74, 6) is 1.06. The van der Waals surface area contributed by atoms with Crippen molar-refractivity contribution in [3.8, 4) is 10.6 Å². The summed E-state index contributed by atoms with van der Waals surface area (Å²) in [4.78, 5) is 29.4. The molecule has 0 aliphatic carbocycles. The summed E-state index contributed by atoms with van der Waals surface area (Å²) in [6, 6.07) is 5.77. The molecule has 0 bridgehead atoms. The van der Waals surface area contributed by atoms with Crippen LogP contribution in [0.3, 0.4) is 0 Å². The van der Waals surface area contributed by atoms with E-state index in [1.165, 1.54) is 6.33 Å². The van der Waals surface area contributed by atoms with Crippen molar-refractivity contribution in [1.82, 2.24) is 29.6 Å². The molecule has 1 fully saturated rings. The molecule has 0 unspecified atom stereocenters. The highest BCUT2D eigenvalue weighted by atomic mass is 32.1. The van der Waals surface area contributed by atoms with E-state index in [0.717, 1.165) is 41.5 Å². The maximum Gasteiger partial charge on any atom is 0.247 e. The summed E-state index contributed by atoms with van der Waals surface area (Å²) in [6.07, 6.45) is 4.98. The molecule has 0 aromatic carbocycles. The molecular weight excluding hydrogens is 360 g/mol. The Hall–Kier alpha value is -2.61. The van der Waals surface area contributed by atoms with Crippen molar-refractivity contribution in [3.63, 3.8) is 0 Å². The van der Waals surface area contributed by atoms with Crippen LogP contribution in [0.2, 0.25) is 0 Å². The van der Waals surface area contributed by atoms with E-state index in [0.29, 0.717) is 6.54 Å². The summed E-state index contributed by atoms with van der Waals surface area (Å²) in [7, 11) is 0. The average molecular weight is 382 g/mol. The fourth-order valence-electron chi connectivity index (χ4n) is 3.51. The molecule has 0 N–H and O–H groups in total. The highest BCUT2D eigenvalue weighted by Crippen LogP contribution is 2.29. The lowest BCUT2D eigenvalue weighted by Crippen LogP contribution is -2.42. The van der Waals surface area contributed by atoms with E-state index in [1.807, 2.05) is 30.9 Å². The summed E-state index contributed by atoms with van der Waals surface area (Å²) in [6.45, 7) is 5.27. The normalized spacial score (nSPS) is 18.4. The Labute approximate surface area is 162 Å². The number of rotatable bonds is 4. The minimum Gasteiger partial charge on any atom is -0.340 e. The van der Waals surface area contributed by atoms with Crippen LogP contribution in [0.5, 0.6) is 0 Å². The molecule has 1 saturated heterocycles. The predicted molar refractivity (Wildman–Crippen MR) is 103 cm³/mol. The number of aryl methyl sites for hydroxylation is 1. The Morgan fingerprint density at radius 3 is 3.00 bits per heavy atom. The molecule has 8 heteroatoms. The van der Waals surface area contributed by atoms with Crippen LogP contribution in [-0.2, 0) is 4.79 Å². The lowest BCUT2D eigenvalue weighted by Gasteiger charge is -2.33. The third kappa shape index (κ3) is 3.75. The maximum atomic E-state index is 12.9. The first-order chi connectivity index (χ1) is 13.1. The van der Waals surface area contributed by atoms with E-state index >= 15 is 0 Å². The Balaban J connectivity index is 1.54. The molecule has 3 aromatic rings. The number of likely N-dealkylation sites (tertiary alicyclic amines) is 1. The van der Waals surface area contributed by atoms with Crippen LogP contribution in [0, 0.1) is 6.92 Å². The van der Waals surface area contributed by atoms with Crippen LogP contribution in [-0.4, -0.2) is 48.6 Å². The van der Waals surface area contributed by atoms with Gasteiger partial charge >= 0.3 is 0 Å². The third-order valence-corrected chi connectivity index (χ3v) is 5.83. The second kappa shape index (κ2) is 7.56. The van der Waals surface area contributed by atoms with Crippen molar-refractivity contribution in [1.29, 1.82) is 0 Å². The highest BCUT2D eigenvalue weighted by Gasteiger charge is 2.30. The Kier molecular flexibility index (Phi) is 4.98. The molecule has 0 radical (unpaired) electrons. The minimum atomic E-state index is -0.355. The first-order valence-electron chi connectivity index (χ1n) is 9.14. The molecule has 0 saturated carbocycles. The second-order valence-electron chi connectivity index (χ2n) is 6.90. The molecule has 2 atom stereocenters. The van der Waals surface area contributed by atoms with Crippen LogP contribution in [0.25, 0.3) is 10.6 Å². The number of thiophene rings is 1. The van der Waals surface area contributed by atoms with E-state index < -0.39 is 0 Å². The number of carbonyl (C=O) groups excluding carboxylic acids is 1. The summed E-state index contributed by atoms with van der Waals surface area (Å²) < 4.78 is 1.60. The lowest BCUT2D eigenvalue weighted by molar-refractivity contribution is -0.135. The fraction of sp³-hybridized carbons (Fsp3) is 0.421. The summed E-state index contributed by atoms with van der Waals surface area (Å²) in [5.41, 5.74) is 1.93. The molecule has 0 spiro atoms. The maximum absolute atomic E-state index is 12.9. The van der Waals surface area contributed by atoms with Crippen molar-refractivity contribution in [2.75, 3.05) is 13.1 Å². The zero-order valence-corrected chi connectivity index (χ0v) is 16.3. The van der Waals surface area contributed by atoms with Gasteiger partial charge in [0.05, 0.1) is 10.6 Å². The molecule has 1 amide bonds. The number of piperidine rings is 1. The monoisotopic (exact) mass is 382 g/mol. The van der Waals surface area contributed by atoms with Crippen LogP contribution in [0.15, 0.2) is 36.2 Å². The van der Waals surface area contributed by atoms with Gasteiger partial charge in [-0.3, -0.25) is 4.79 Å². The highest BCUT2D eigenvalue weighted by molar-refractivity contribution is 7.13. The van der Waals surface area contributed by atoms with E-state index in [2.05, 4.69) is 26.5 Å². The van der Waals surface area contributed by atoms with Gasteiger partial charge in [0.15, 0.2) is 0 Å². The Bertz CT molecular complexity index is 908. The number of carbonyl (C=O) groups is 1. The van der Waals surface area contributed by atoms with Crippen molar-refractivity contribution < 1.29 is 4.79 Å². The first-order valence-corrected chi connectivity index (χ1v) is 10.0. The zero-order valence-electron chi connectivity index (χ0n) is 15.4. The molecule has 1 aliphatic heterocycles. The van der Waals surface area contributed by atoms with Gasteiger partial charge in [0, 0.05) is 24.7 Å². The van der Waals surface area contributed by atoms with Gasteiger partial charge in [0.25, 0.3) is 0 Å². The fourth-order valence-corrected chi connectivity index (χ4v) is 4.19. The molecule has 4 heterocycles. The molecule has 7 nitrogen and oxygen atoms in total. The van der Waals surface area contributed by atoms with Crippen LogP contribution >= 0.6 is 11.3 Å². The van der Waals surface area contributed by atoms with Crippen molar-refractivity contribution in [3.05, 3.63) is 47.8 Å². The average Bonchev–Trinajstić information content (AvgIpc) is 3.40. The molecule has 140 valence electrons. The smallest absolute Gasteiger partial charge is 0.247 e. The summed E-state index contributed by atoms with van der Waals surface area (Å²) in [5, 5.41) is 6.15. The SMILES string of the molecule is Cc1cc(-c2cccs2)nc([C@H]2CCCN(C(=O)[C@H](C)n3cncn3)C2)n1. The van der Waals surface area contributed by atoms with Crippen LogP contribution < -0.4 is 0 Å². The van der Waals surface area contributed by atoms with E-state index in [9.17, 15) is 4.79 Å². The van der Waals surface area contributed by atoms with Gasteiger partial charge in [-0.05, 0) is 44.2 Å². The number of nitrogens with zero attached hydrogens (tertiary/aromatic N) is 6. The van der Waals surface area contributed by atoms with Gasteiger partial charge in [0.2, 0.25) is 5.91 Å². The number of hydrogen-bond donors (Lipinski definition) is 0. The largest absolute Gasteiger partial charge is 0.340 e. The summed E-state index contributed by atoms with van der Waals surface area (Å²) >= 11 is 1.68. The molecule has 1 aliphatic rings.